The molecule has 0 aliphatic carbocycles. The molecule has 0 spiro atoms. The molecule has 162 valence electrons. The second-order valence-corrected chi connectivity index (χ2v) is 7.92. The standard InChI is InChI=1S/C18H15ClF3NO6S/c1-28-13-5-2-11(3-6-13)15(24)10-29-17(25)9-23-30(26,27)16-8-12(18(20,21)22)4-7-14(16)19/h2-8,23H,9-10H2,1H3. The Morgan fingerprint density at radius 1 is 1.10 bits per heavy atom. The first-order valence-electron chi connectivity index (χ1n) is 8.13. The summed E-state index contributed by atoms with van der Waals surface area (Å²) in [6.45, 7) is -1.57. The fourth-order valence-electron chi connectivity index (χ4n) is 2.17. The van der Waals surface area contributed by atoms with E-state index in [-0.39, 0.29) is 5.56 Å². The Hall–Kier alpha value is -2.63. The minimum Gasteiger partial charge on any atom is -0.497 e. The van der Waals surface area contributed by atoms with Crippen LogP contribution in [0.5, 0.6) is 5.75 Å². The van der Waals surface area contributed by atoms with Crippen LogP contribution in [-0.4, -0.2) is 40.4 Å². The molecule has 0 saturated heterocycles. The van der Waals surface area contributed by atoms with E-state index in [2.05, 4.69) is 0 Å². The first-order valence-corrected chi connectivity index (χ1v) is 9.99. The van der Waals surface area contributed by atoms with Crippen molar-refractivity contribution in [2.24, 2.45) is 0 Å². The van der Waals surface area contributed by atoms with E-state index in [0.717, 1.165) is 6.07 Å². The minimum atomic E-state index is -4.78. The Labute approximate surface area is 174 Å². The molecule has 0 unspecified atom stereocenters. The van der Waals surface area contributed by atoms with Crippen LogP contribution in [0.4, 0.5) is 13.2 Å². The Bertz CT molecular complexity index is 1040. The number of rotatable bonds is 8. The smallest absolute Gasteiger partial charge is 0.416 e. The van der Waals surface area contributed by atoms with Crippen LogP contribution in [0.1, 0.15) is 15.9 Å². The molecule has 2 aromatic carbocycles. The topological polar surface area (TPSA) is 98.8 Å². The quantitative estimate of drug-likeness (QED) is 0.475. The highest BCUT2D eigenvalue weighted by Crippen LogP contribution is 2.33. The van der Waals surface area contributed by atoms with Crippen molar-refractivity contribution in [3.63, 3.8) is 0 Å². The maximum Gasteiger partial charge on any atom is 0.416 e. The molecule has 0 aliphatic rings. The number of ether oxygens (including phenoxy) is 2. The van der Waals surface area contributed by atoms with Gasteiger partial charge in [0.1, 0.15) is 17.2 Å². The highest BCUT2D eigenvalue weighted by atomic mass is 35.5. The van der Waals surface area contributed by atoms with E-state index in [1.165, 1.54) is 31.4 Å². The molecule has 7 nitrogen and oxygen atoms in total. The third-order valence-electron chi connectivity index (χ3n) is 3.73. The van der Waals surface area contributed by atoms with E-state index >= 15 is 0 Å². The van der Waals surface area contributed by atoms with Crippen LogP contribution < -0.4 is 9.46 Å². The lowest BCUT2D eigenvalue weighted by Crippen LogP contribution is -2.32. The Morgan fingerprint density at radius 3 is 2.30 bits per heavy atom. The van der Waals surface area contributed by atoms with E-state index in [9.17, 15) is 31.2 Å². The van der Waals surface area contributed by atoms with Gasteiger partial charge in [-0.15, -0.1) is 0 Å². The van der Waals surface area contributed by atoms with Crippen molar-refractivity contribution in [2.75, 3.05) is 20.3 Å². The predicted octanol–water partition coefficient (Wildman–Crippen LogP) is 3.07. The summed E-state index contributed by atoms with van der Waals surface area (Å²) in [7, 11) is -3.10. The van der Waals surface area contributed by atoms with Crippen LogP contribution in [0.25, 0.3) is 0 Å². The Morgan fingerprint density at radius 2 is 1.73 bits per heavy atom. The van der Waals surface area contributed by atoms with E-state index in [1.807, 2.05) is 0 Å². The summed E-state index contributed by atoms with van der Waals surface area (Å²) < 4.78 is 74.2. The normalized spacial score (nSPS) is 11.8. The molecular weight excluding hydrogens is 451 g/mol. The van der Waals surface area contributed by atoms with Crippen molar-refractivity contribution >= 4 is 33.4 Å². The molecule has 0 atom stereocenters. The van der Waals surface area contributed by atoms with Crippen molar-refractivity contribution in [3.8, 4) is 5.75 Å². The van der Waals surface area contributed by atoms with Crippen molar-refractivity contribution in [1.29, 1.82) is 0 Å². The van der Waals surface area contributed by atoms with Crippen LogP contribution in [0.2, 0.25) is 5.02 Å². The van der Waals surface area contributed by atoms with Gasteiger partial charge in [-0.1, -0.05) is 11.6 Å². The maximum absolute atomic E-state index is 12.8. The first kappa shape index (κ1) is 23.6. The molecule has 0 radical (unpaired) electrons. The van der Waals surface area contributed by atoms with Crippen LogP contribution in [0.15, 0.2) is 47.4 Å². The van der Waals surface area contributed by atoms with Crippen molar-refractivity contribution in [2.45, 2.75) is 11.1 Å². The third kappa shape index (κ3) is 6.18. The lowest BCUT2D eigenvalue weighted by molar-refractivity contribution is -0.141. The summed E-state index contributed by atoms with van der Waals surface area (Å²) in [5.41, 5.74) is -0.986. The molecule has 1 N–H and O–H groups in total. The average molecular weight is 466 g/mol. The van der Waals surface area contributed by atoms with Crippen LogP contribution in [0.3, 0.4) is 0 Å². The van der Waals surface area contributed by atoms with E-state index in [4.69, 9.17) is 21.1 Å². The number of carbonyl (C=O) groups excluding carboxylic acids is 2. The van der Waals surface area contributed by atoms with Gasteiger partial charge < -0.3 is 9.47 Å². The fourth-order valence-corrected chi connectivity index (χ4v) is 3.67. The van der Waals surface area contributed by atoms with Gasteiger partial charge in [-0.3, -0.25) is 9.59 Å². The summed E-state index contributed by atoms with van der Waals surface area (Å²) in [5.74, 6) is -1.13. The largest absolute Gasteiger partial charge is 0.497 e. The molecular formula is C18H15ClF3NO6S. The Balaban J connectivity index is 1.97. The zero-order valence-corrected chi connectivity index (χ0v) is 16.9. The molecule has 12 heteroatoms. The summed E-state index contributed by atoms with van der Waals surface area (Å²) in [5, 5.41) is -0.460. The SMILES string of the molecule is COc1ccc(C(=O)COC(=O)CNS(=O)(=O)c2cc(C(F)(F)F)ccc2Cl)cc1. The molecule has 0 aliphatic heterocycles. The van der Waals surface area contributed by atoms with E-state index in [0.29, 0.717) is 17.9 Å². The lowest BCUT2D eigenvalue weighted by Gasteiger charge is -2.12. The number of methoxy groups -OCH3 is 1. The highest BCUT2D eigenvalue weighted by Gasteiger charge is 2.32. The van der Waals surface area contributed by atoms with Gasteiger partial charge in [-0.05, 0) is 42.5 Å². The Kier molecular flexibility index (Phi) is 7.45. The van der Waals surface area contributed by atoms with Crippen molar-refractivity contribution in [3.05, 3.63) is 58.6 Å². The average Bonchev–Trinajstić information content (AvgIpc) is 2.70. The number of hydrogen-bond acceptors (Lipinski definition) is 6. The van der Waals surface area contributed by atoms with Crippen molar-refractivity contribution in [1.82, 2.24) is 4.72 Å². The van der Waals surface area contributed by atoms with Crippen molar-refractivity contribution < 1.29 is 40.7 Å². The summed E-state index contributed by atoms with van der Waals surface area (Å²) >= 11 is 5.68. The van der Waals surface area contributed by atoms with Gasteiger partial charge in [0.15, 0.2) is 12.4 Å². The molecule has 0 heterocycles. The maximum atomic E-state index is 12.8. The summed E-state index contributed by atoms with van der Waals surface area (Å²) in [4.78, 5) is 22.9. The second kappa shape index (κ2) is 9.45. The third-order valence-corrected chi connectivity index (χ3v) is 5.61. The predicted molar refractivity (Wildman–Crippen MR) is 99.9 cm³/mol. The van der Waals surface area contributed by atoms with Gasteiger partial charge in [0.2, 0.25) is 10.0 Å². The summed E-state index contributed by atoms with van der Waals surface area (Å²) in [6, 6.07) is 7.72. The molecule has 0 amide bonds. The number of esters is 1. The molecule has 0 fully saturated rings. The lowest BCUT2D eigenvalue weighted by atomic mass is 10.1. The van der Waals surface area contributed by atoms with Gasteiger partial charge in [0.25, 0.3) is 0 Å². The number of nitrogens with one attached hydrogen (secondary N) is 1. The first-order chi connectivity index (χ1) is 13.9. The number of hydrogen-bond donors (Lipinski definition) is 1. The number of sulfonamides is 1. The number of halogens is 4. The fraction of sp³-hybridized carbons (Fsp3) is 0.222. The van der Waals surface area contributed by atoms with E-state index in [1.54, 1.807) is 4.72 Å². The minimum absolute atomic E-state index is 0.236. The van der Waals surface area contributed by atoms with E-state index < -0.39 is 56.6 Å². The molecule has 0 aromatic heterocycles. The number of alkyl halides is 3. The van der Waals surface area contributed by atoms with Crippen LogP contribution >= 0.6 is 11.6 Å². The monoisotopic (exact) mass is 465 g/mol. The summed E-state index contributed by atoms with van der Waals surface area (Å²) in [6.07, 6.45) is -4.78. The number of Topliss-reactive ketones (excluding diaryl/α,β-unsaturated/α-hetero) is 1. The van der Waals surface area contributed by atoms with Crippen LogP contribution in [-0.2, 0) is 25.7 Å². The number of ketones is 1. The molecule has 0 bridgehead atoms. The van der Waals surface area contributed by atoms with Gasteiger partial charge in [-0.25, -0.2) is 8.42 Å². The number of benzene rings is 2. The van der Waals surface area contributed by atoms with Crippen LogP contribution in [0, 0.1) is 0 Å². The van der Waals surface area contributed by atoms with Gasteiger partial charge in [0, 0.05) is 5.56 Å². The molecule has 2 rings (SSSR count). The molecule has 30 heavy (non-hydrogen) atoms. The number of carbonyl (C=O) groups is 2. The zero-order valence-electron chi connectivity index (χ0n) is 15.3. The van der Waals surface area contributed by atoms with Gasteiger partial charge >= 0.3 is 12.1 Å². The van der Waals surface area contributed by atoms with Gasteiger partial charge in [0.05, 0.1) is 17.7 Å². The zero-order chi connectivity index (χ0) is 22.5. The molecule has 0 saturated carbocycles. The van der Waals surface area contributed by atoms with Gasteiger partial charge in [-0.2, -0.15) is 17.9 Å². The molecule has 2 aromatic rings. The highest BCUT2D eigenvalue weighted by molar-refractivity contribution is 7.89. The second-order valence-electron chi connectivity index (χ2n) is 5.78.